The van der Waals surface area contributed by atoms with E-state index in [4.69, 9.17) is 6.57 Å². The fourth-order valence-corrected chi connectivity index (χ4v) is 4.63. The van der Waals surface area contributed by atoms with Gasteiger partial charge in [-0.15, -0.1) is 0 Å². The number of alkyl halides is 3. The quantitative estimate of drug-likeness (QED) is 0.514. The molecule has 4 nitrogen and oxygen atoms in total. The third-order valence-electron chi connectivity index (χ3n) is 5.21. The van der Waals surface area contributed by atoms with Crippen LogP contribution in [0, 0.1) is 17.4 Å². The second-order valence-electron chi connectivity index (χ2n) is 9.41. The molecule has 0 atom stereocenters. The molecule has 1 aromatic heterocycles. The first kappa shape index (κ1) is 21.8. The van der Waals surface area contributed by atoms with Gasteiger partial charge in [-0.2, -0.15) is 18.3 Å². The number of halogens is 3. The molecule has 1 saturated carbocycles. The fraction of sp³-hybridized carbons (Fsp3) is 0.435. The van der Waals surface area contributed by atoms with Crippen LogP contribution in [-0.4, -0.2) is 10.4 Å². The Balaban J connectivity index is 2.31. The van der Waals surface area contributed by atoms with E-state index in [-0.39, 0.29) is 16.5 Å². The first-order chi connectivity index (χ1) is 13.8. The van der Waals surface area contributed by atoms with Crippen molar-refractivity contribution in [3.05, 3.63) is 63.7 Å². The van der Waals surface area contributed by atoms with E-state index in [0.717, 1.165) is 22.9 Å². The maximum atomic E-state index is 13.6. The number of hydrogen-bond acceptors (Lipinski definition) is 2. The van der Waals surface area contributed by atoms with E-state index in [1.54, 1.807) is 30.3 Å². The third kappa shape index (κ3) is 4.48. The maximum Gasteiger partial charge on any atom is 0.407 e. The molecule has 0 spiro atoms. The van der Waals surface area contributed by atoms with Gasteiger partial charge in [-0.05, 0) is 36.2 Å². The number of hydrogen-bond donors (Lipinski definition) is 0. The average Bonchev–Trinajstić information content (AvgIpc) is 2.60. The molecule has 2 aromatic rings. The molecular formula is C23H24F3N3O. The van der Waals surface area contributed by atoms with E-state index in [1.165, 1.54) is 0 Å². The van der Waals surface area contributed by atoms with Crippen LogP contribution in [0.4, 0.5) is 18.9 Å². The average molecular weight is 415 g/mol. The topological polar surface area (TPSA) is 38.7 Å². The second-order valence-corrected chi connectivity index (χ2v) is 9.41. The van der Waals surface area contributed by atoms with Crippen molar-refractivity contribution in [1.29, 1.82) is 0 Å². The molecule has 1 aliphatic rings. The summed E-state index contributed by atoms with van der Waals surface area (Å²) < 4.78 is 41.7. The Morgan fingerprint density at radius 3 is 2.13 bits per heavy atom. The summed E-state index contributed by atoms with van der Waals surface area (Å²) in [5, 5.41) is 4.53. The molecule has 0 amide bonds. The number of pyridine rings is 1. The van der Waals surface area contributed by atoms with Crippen LogP contribution < -0.4 is 5.56 Å². The Labute approximate surface area is 173 Å². The standard InChI is InChI=1S/C23H24F3N3O/c1-21(2)12-16(13-22(3,4)14-21)28-29-18(15-9-7-6-8-10-15)11-17(23(24,25)26)19(27-5)20(29)30/h6-11H,12-14H2,1-4H3. The Morgan fingerprint density at radius 2 is 1.63 bits per heavy atom. The van der Waals surface area contributed by atoms with E-state index in [1.807, 2.05) is 0 Å². The van der Waals surface area contributed by atoms with Gasteiger partial charge in [0.2, 0.25) is 0 Å². The molecule has 0 bridgehead atoms. The van der Waals surface area contributed by atoms with E-state index in [9.17, 15) is 18.0 Å². The van der Waals surface area contributed by atoms with Gasteiger partial charge in [0, 0.05) is 11.3 Å². The van der Waals surface area contributed by atoms with E-state index in [2.05, 4.69) is 37.6 Å². The summed E-state index contributed by atoms with van der Waals surface area (Å²) in [4.78, 5) is 15.9. The van der Waals surface area contributed by atoms with Crippen molar-refractivity contribution in [3.63, 3.8) is 0 Å². The molecule has 3 rings (SSSR count). The summed E-state index contributed by atoms with van der Waals surface area (Å²) in [6.45, 7) is 15.6. The highest BCUT2D eigenvalue weighted by Crippen LogP contribution is 2.44. The summed E-state index contributed by atoms with van der Waals surface area (Å²) >= 11 is 0. The van der Waals surface area contributed by atoms with Crippen molar-refractivity contribution < 1.29 is 13.2 Å². The molecule has 1 fully saturated rings. The van der Waals surface area contributed by atoms with Gasteiger partial charge in [0.05, 0.1) is 17.8 Å². The zero-order valence-corrected chi connectivity index (χ0v) is 17.5. The molecule has 1 heterocycles. The van der Waals surface area contributed by atoms with Gasteiger partial charge in [-0.1, -0.05) is 58.0 Å². The van der Waals surface area contributed by atoms with Crippen LogP contribution in [-0.2, 0) is 6.18 Å². The highest BCUT2D eigenvalue weighted by molar-refractivity contribution is 5.86. The Morgan fingerprint density at radius 1 is 1.07 bits per heavy atom. The number of nitrogens with zero attached hydrogens (tertiary/aromatic N) is 3. The summed E-state index contributed by atoms with van der Waals surface area (Å²) in [5.41, 5.74) is -2.15. The smallest absolute Gasteiger partial charge is 0.281 e. The maximum absolute atomic E-state index is 13.6. The third-order valence-corrected chi connectivity index (χ3v) is 5.21. The molecule has 1 aliphatic carbocycles. The van der Waals surface area contributed by atoms with Crippen molar-refractivity contribution in [2.45, 2.75) is 53.1 Å². The second kappa shape index (κ2) is 7.42. The van der Waals surface area contributed by atoms with Gasteiger partial charge >= 0.3 is 6.18 Å². The molecule has 0 N–H and O–H groups in total. The molecule has 158 valence electrons. The van der Waals surface area contributed by atoms with Crippen molar-refractivity contribution in [2.24, 2.45) is 15.9 Å². The van der Waals surface area contributed by atoms with Crippen LogP contribution in [0.15, 0.2) is 46.3 Å². The van der Waals surface area contributed by atoms with Gasteiger partial charge in [0.15, 0.2) is 0 Å². The molecule has 0 unspecified atom stereocenters. The minimum atomic E-state index is -4.82. The Hall–Kier alpha value is -2.88. The summed E-state index contributed by atoms with van der Waals surface area (Å²) in [6, 6.07) is 9.20. The van der Waals surface area contributed by atoms with E-state index < -0.39 is 23.0 Å². The van der Waals surface area contributed by atoms with Crippen LogP contribution in [0.2, 0.25) is 0 Å². The lowest BCUT2D eigenvalue weighted by atomic mass is 9.65. The van der Waals surface area contributed by atoms with Gasteiger partial charge in [0.25, 0.3) is 11.2 Å². The van der Waals surface area contributed by atoms with Gasteiger partial charge in [0.1, 0.15) is 0 Å². The molecule has 0 aliphatic heterocycles. The molecule has 7 heteroatoms. The SMILES string of the molecule is [C-]#[N+]c1c(C(F)(F)F)cc(-c2ccccc2)n(N=C2CC(C)(C)CC(C)(C)C2)c1=O. The number of aromatic nitrogens is 1. The molecule has 1 aromatic carbocycles. The highest BCUT2D eigenvalue weighted by atomic mass is 19.4. The van der Waals surface area contributed by atoms with Crippen molar-refractivity contribution in [1.82, 2.24) is 4.68 Å². The minimum absolute atomic E-state index is 0.0222. The van der Waals surface area contributed by atoms with Crippen molar-refractivity contribution in [2.75, 3.05) is 0 Å². The normalized spacial score (nSPS) is 18.0. The lowest BCUT2D eigenvalue weighted by molar-refractivity contribution is -0.136. The van der Waals surface area contributed by atoms with Crippen molar-refractivity contribution in [3.8, 4) is 11.3 Å². The summed E-state index contributed by atoms with van der Waals surface area (Å²) in [7, 11) is 0. The highest BCUT2D eigenvalue weighted by Gasteiger charge is 2.38. The van der Waals surface area contributed by atoms with Crippen molar-refractivity contribution >= 4 is 11.4 Å². The first-order valence-electron chi connectivity index (χ1n) is 9.70. The Kier molecular flexibility index (Phi) is 5.40. The van der Waals surface area contributed by atoms with E-state index in [0.29, 0.717) is 18.4 Å². The molecular weight excluding hydrogens is 391 g/mol. The van der Waals surface area contributed by atoms with Gasteiger partial charge in [-0.3, -0.25) is 4.79 Å². The monoisotopic (exact) mass is 415 g/mol. The van der Waals surface area contributed by atoms with Crippen LogP contribution in [0.3, 0.4) is 0 Å². The summed E-state index contributed by atoms with van der Waals surface area (Å²) in [6.07, 6.45) is -2.58. The molecule has 30 heavy (non-hydrogen) atoms. The van der Waals surface area contributed by atoms with Crippen LogP contribution in [0.25, 0.3) is 16.1 Å². The Bertz CT molecular complexity index is 1070. The van der Waals surface area contributed by atoms with E-state index >= 15 is 0 Å². The van der Waals surface area contributed by atoms with Gasteiger partial charge in [-0.25, -0.2) is 9.52 Å². The van der Waals surface area contributed by atoms with Gasteiger partial charge < -0.3 is 0 Å². The summed E-state index contributed by atoms with van der Waals surface area (Å²) in [5.74, 6) is 0. The van der Waals surface area contributed by atoms with Crippen LogP contribution >= 0.6 is 0 Å². The number of benzene rings is 1. The zero-order chi connectivity index (χ0) is 22.3. The number of rotatable bonds is 2. The largest absolute Gasteiger partial charge is 0.407 e. The predicted molar refractivity (Wildman–Crippen MR) is 112 cm³/mol. The lowest BCUT2D eigenvalue weighted by Gasteiger charge is -2.41. The zero-order valence-electron chi connectivity index (χ0n) is 17.5. The lowest BCUT2D eigenvalue weighted by Crippen LogP contribution is -2.35. The first-order valence-corrected chi connectivity index (χ1v) is 9.70. The fourth-order valence-electron chi connectivity index (χ4n) is 4.63. The predicted octanol–water partition coefficient (Wildman–Crippen LogP) is 6.53. The van der Waals surface area contributed by atoms with Crippen LogP contribution in [0.5, 0.6) is 0 Å². The van der Waals surface area contributed by atoms with Crippen LogP contribution in [0.1, 0.15) is 52.5 Å². The molecule has 0 radical (unpaired) electrons. The minimum Gasteiger partial charge on any atom is -0.281 e. The molecule has 0 saturated heterocycles.